The minimum absolute atomic E-state index is 0.190. The lowest BCUT2D eigenvalue weighted by Gasteiger charge is -2.29. The van der Waals surface area contributed by atoms with Crippen LogP contribution in [0, 0.1) is 11.3 Å². The summed E-state index contributed by atoms with van der Waals surface area (Å²) in [6, 6.07) is 21.9. The van der Waals surface area contributed by atoms with Crippen molar-refractivity contribution in [3.8, 4) is 11.8 Å². The third kappa shape index (κ3) is 6.19. The number of carbonyl (C=O) groups is 1. The Hall–Kier alpha value is -4.39. The van der Waals surface area contributed by atoms with E-state index < -0.39 is 16.0 Å². The van der Waals surface area contributed by atoms with Crippen LogP contribution >= 0.6 is 0 Å². The van der Waals surface area contributed by atoms with Gasteiger partial charge in [-0.15, -0.1) is 0 Å². The van der Waals surface area contributed by atoms with E-state index in [1.54, 1.807) is 34.6 Å². The molecule has 0 bridgehead atoms. The molecular formula is C32H31N3O5S. The highest BCUT2D eigenvalue weighted by Crippen LogP contribution is 2.40. The van der Waals surface area contributed by atoms with Gasteiger partial charge in [-0.1, -0.05) is 36.4 Å². The summed E-state index contributed by atoms with van der Waals surface area (Å²) in [5, 5.41) is 9.82. The van der Waals surface area contributed by atoms with Gasteiger partial charge in [-0.3, -0.25) is 0 Å². The zero-order valence-corrected chi connectivity index (χ0v) is 23.6. The SMILES string of the molecule is COC(=O)/C=C/c1ccc2c(c1)CCC2N(CCc1c[nH]c2ccccc12)S(=O)(=O)c1ccc(OCCC#N)cc1. The molecule has 1 aromatic heterocycles. The van der Waals surface area contributed by atoms with E-state index in [2.05, 4.69) is 9.72 Å². The Morgan fingerprint density at radius 1 is 1.15 bits per heavy atom. The van der Waals surface area contributed by atoms with Gasteiger partial charge in [-0.2, -0.15) is 9.57 Å². The summed E-state index contributed by atoms with van der Waals surface area (Å²) in [5.74, 6) is 0.0858. The number of ether oxygens (including phenoxy) is 2. The number of aryl methyl sites for hydroxylation is 1. The van der Waals surface area contributed by atoms with Gasteiger partial charge in [0, 0.05) is 29.7 Å². The lowest BCUT2D eigenvalue weighted by molar-refractivity contribution is -0.134. The summed E-state index contributed by atoms with van der Waals surface area (Å²) in [7, 11) is -2.54. The second-order valence-electron chi connectivity index (χ2n) is 9.82. The highest BCUT2D eigenvalue weighted by molar-refractivity contribution is 7.89. The van der Waals surface area contributed by atoms with E-state index in [9.17, 15) is 13.2 Å². The number of nitrogens with zero attached hydrogens (tertiary/aromatic N) is 2. The summed E-state index contributed by atoms with van der Waals surface area (Å²) in [6.45, 7) is 0.549. The zero-order valence-electron chi connectivity index (χ0n) is 22.7. The predicted molar refractivity (Wildman–Crippen MR) is 157 cm³/mol. The van der Waals surface area contributed by atoms with Gasteiger partial charge in [-0.25, -0.2) is 13.2 Å². The second kappa shape index (κ2) is 12.4. The molecule has 41 heavy (non-hydrogen) atoms. The average Bonchev–Trinajstić information content (AvgIpc) is 3.60. The molecular weight excluding hydrogens is 538 g/mol. The lowest BCUT2D eigenvalue weighted by atomic mass is 10.0. The molecule has 1 N–H and O–H groups in total. The fourth-order valence-corrected chi connectivity index (χ4v) is 6.96. The third-order valence-corrected chi connectivity index (χ3v) is 9.29. The minimum Gasteiger partial charge on any atom is -0.493 e. The van der Waals surface area contributed by atoms with Crippen molar-refractivity contribution in [1.29, 1.82) is 5.26 Å². The molecule has 1 aliphatic carbocycles. The van der Waals surface area contributed by atoms with E-state index in [4.69, 9.17) is 10.00 Å². The number of aromatic nitrogens is 1. The Labute approximate surface area is 239 Å². The van der Waals surface area contributed by atoms with Crippen molar-refractivity contribution in [2.75, 3.05) is 20.3 Å². The third-order valence-electron chi connectivity index (χ3n) is 7.36. The van der Waals surface area contributed by atoms with Gasteiger partial charge in [0.2, 0.25) is 10.0 Å². The number of nitrogens with one attached hydrogen (secondary N) is 1. The number of nitriles is 1. The number of aromatic amines is 1. The summed E-state index contributed by atoms with van der Waals surface area (Å²) >= 11 is 0. The summed E-state index contributed by atoms with van der Waals surface area (Å²) in [5.41, 5.74) is 4.97. The van der Waals surface area contributed by atoms with Crippen LogP contribution in [0.5, 0.6) is 5.75 Å². The summed E-state index contributed by atoms with van der Waals surface area (Å²) in [4.78, 5) is 15.0. The smallest absolute Gasteiger partial charge is 0.330 e. The van der Waals surface area contributed by atoms with Crippen LogP contribution in [-0.2, 0) is 32.4 Å². The Balaban J connectivity index is 1.45. The van der Waals surface area contributed by atoms with Crippen molar-refractivity contribution in [1.82, 2.24) is 9.29 Å². The Morgan fingerprint density at radius 3 is 2.73 bits per heavy atom. The number of H-pyrrole nitrogens is 1. The molecule has 5 rings (SSSR count). The number of carbonyl (C=O) groups excluding carboxylic acids is 1. The van der Waals surface area contributed by atoms with Gasteiger partial charge < -0.3 is 14.5 Å². The molecule has 0 spiro atoms. The number of fused-ring (bicyclic) bond motifs is 2. The number of hydrogen-bond acceptors (Lipinski definition) is 6. The summed E-state index contributed by atoms with van der Waals surface area (Å²) < 4.78 is 40.2. The first-order chi connectivity index (χ1) is 19.9. The molecule has 0 radical (unpaired) electrons. The van der Waals surface area contributed by atoms with Gasteiger partial charge in [0.05, 0.1) is 30.5 Å². The lowest BCUT2D eigenvalue weighted by Crippen LogP contribution is -2.35. The van der Waals surface area contributed by atoms with Crippen LogP contribution in [0.25, 0.3) is 17.0 Å². The first kappa shape index (κ1) is 28.1. The number of esters is 1. The highest BCUT2D eigenvalue weighted by atomic mass is 32.2. The summed E-state index contributed by atoms with van der Waals surface area (Å²) in [6.07, 6.45) is 7.20. The van der Waals surface area contributed by atoms with Crippen LogP contribution in [-0.4, -0.2) is 43.9 Å². The van der Waals surface area contributed by atoms with Crippen molar-refractivity contribution in [3.05, 3.63) is 101 Å². The van der Waals surface area contributed by atoms with E-state index in [1.165, 1.54) is 13.2 Å². The monoisotopic (exact) mass is 569 g/mol. The van der Waals surface area contributed by atoms with Crippen LogP contribution in [0.2, 0.25) is 0 Å². The van der Waals surface area contributed by atoms with Crippen molar-refractivity contribution >= 4 is 33.0 Å². The van der Waals surface area contributed by atoms with Crippen LogP contribution in [0.1, 0.15) is 41.1 Å². The average molecular weight is 570 g/mol. The number of sulfonamides is 1. The minimum atomic E-state index is -3.87. The van der Waals surface area contributed by atoms with Crippen LogP contribution in [0.3, 0.4) is 0 Å². The first-order valence-electron chi connectivity index (χ1n) is 13.5. The number of para-hydroxylation sites is 1. The molecule has 8 nitrogen and oxygen atoms in total. The first-order valence-corrected chi connectivity index (χ1v) is 14.9. The number of rotatable bonds is 11. The maximum atomic E-state index is 14.2. The van der Waals surface area contributed by atoms with E-state index in [-0.39, 0.29) is 24.0 Å². The van der Waals surface area contributed by atoms with Crippen molar-refractivity contribution in [2.24, 2.45) is 0 Å². The Kier molecular flexibility index (Phi) is 8.53. The fraction of sp³-hybridized carbons (Fsp3) is 0.250. The van der Waals surface area contributed by atoms with Crippen molar-refractivity contribution in [3.63, 3.8) is 0 Å². The van der Waals surface area contributed by atoms with Gasteiger partial charge in [0.1, 0.15) is 12.4 Å². The van der Waals surface area contributed by atoms with Crippen LogP contribution in [0.4, 0.5) is 0 Å². The largest absolute Gasteiger partial charge is 0.493 e. The molecule has 1 atom stereocenters. The van der Waals surface area contributed by atoms with E-state index in [0.717, 1.165) is 39.6 Å². The van der Waals surface area contributed by atoms with E-state index >= 15 is 0 Å². The molecule has 1 aliphatic rings. The van der Waals surface area contributed by atoms with E-state index in [0.29, 0.717) is 25.1 Å². The molecule has 0 saturated carbocycles. The maximum Gasteiger partial charge on any atom is 0.330 e. The number of hydrogen-bond donors (Lipinski definition) is 1. The fourth-order valence-electron chi connectivity index (χ4n) is 5.32. The van der Waals surface area contributed by atoms with Gasteiger partial charge in [-0.05, 0) is 77.9 Å². The molecule has 0 fully saturated rings. The number of benzene rings is 3. The standard InChI is InChI=1S/C32H31N3O5S/c1-39-32(36)16-8-23-7-14-29-24(21-23)9-15-31(29)35(19-17-25-22-34-30-6-3-2-5-28(25)30)41(37,38)27-12-10-26(11-13-27)40-20-4-18-33/h2-3,5-8,10-14,16,21-22,31,34H,4,9,15,17,19-20H2,1H3/b16-8+. The predicted octanol–water partition coefficient (Wildman–Crippen LogP) is 5.57. The van der Waals surface area contributed by atoms with E-state index in [1.807, 2.05) is 54.7 Å². The number of methoxy groups -OCH3 is 1. The Morgan fingerprint density at radius 2 is 1.95 bits per heavy atom. The second-order valence-corrected chi connectivity index (χ2v) is 11.7. The molecule has 0 amide bonds. The van der Waals surface area contributed by atoms with Gasteiger partial charge >= 0.3 is 5.97 Å². The van der Waals surface area contributed by atoms with Crippen LogP contribution < -0.4 is 4.74 Å². The zero-order chi connectivity index (χ0) is 28.8. The molecule has 3 aromatic carbocycles. The molecule has 1 heterocycles. The maximum absolute atomic E-state index is 14.2. The quantitative estimate of drug-likeness (QED) is 0.144. The van der Waals surface area contributed by atoms with Gasteiger partial charge in [0.15, 0.2) is 0 Å². The normalized spacial score (nSPS) is 14.8. The van der Waals surface area contributed by atoms with Gasteiger partial charge in [0.25, 0.3) is 0 Å². The molecule has 0 saturated heterocycles. The highest BCUT2D eigenvalue weighted by Gasteiger charge is 2.36. The molecule has 1 unspecified atom stereocenters. The topological polar surface area (TPSA) is 112 Å². The van der Waals surface area contributed by atoms with Crippen molar-refractivity contribution < 1.29 is 22.7 Å². The molecule has 4 aromatic rings. The van der Waals surface area contributed by atoms with Crippen LogP contribution in [0.15, 0.2) is 83.9 Å². The molecule has 0 aliphatic heterocycles. The molecule has 210 valence electrons. The Bertz CT molecular complexity index is 1720. The molecule has 9 heteroatoms. The van der Waals surface area contributed by atoms with Crippen molar-refractivity contribution in [2.45, 2.75) is 36.6 Å².